The number of hydrogen-bond acceptors (Lipinski definition) is 5. The fourth-order valence-corrected chi connectivity index (χ4v) is 2.96. The van der Waals surface area contributed by atoms with Crippen molar-refractivity contribution in [2.45, 2.75) is 40.5 Å². The lowest BCUT2D eigenvalue weighted by Crippen LogP contribution is -2.25. The van der Waals surface area contributed by atoms with Crippen LogP contribution in [0.1, 0.15) is 40.5 Å². The molecule has 0 fully saturated rings. The summed E-state index contributed by atoms with van der Waals surface area (Å²) in [6, 6.07) is 10.5. The number of nitrogens with zero attached hydrogens (tertiary/aromatic N) is 4. The van der Waals surface area contributed by atoms with Crippen molar-refractivity contribution in [1.82, 2.24) is 9.97 Å². The molecule has 25 heavy (non-hydrogen) atoms. The maximum absolute atomic E-state index is 4.45. The highest BCUT2D eigenvalue weighted by Crippen LogP contribution is 2.22. The summed E-state index contributed by atoms with van der Waals surface area (Å²) in [6.07, 6.45) is 3.86. The first-order chi connectivity index (χ1) is 12.2. The first-order valence-corrected chi connectivity index (χ1v) is 9.40. The van der Waals surface area contributed by atoms with Gasteiger partial charge in [0, 0.05) is 43.6 Å². The van der Waals surface area contributed by atoms with Gasteiger partial charge >= 0.3 is 0 Å². The summed E-state index contributed by atoms with van der Waals surface area (Å²) >= 11 is 0. The molecule has 0 bridgehead atoms. The second-order valence-electron chi connectivity index (χ2n) is 6.09. The molecule has 1 aromatic carbocycles. The van der Waals surface area contributed by atoms with Crippen LogP contribution in [0.15, 0.2) is 36.7 Å². The Bertz CT molecular complexity index is 616. The van der Waals surface area contributed by atoms with Crippen LogP contribution in [0.4, 0.5) is 23.0 Å². The maximum Gasteiger partial charge on any atom is 0.135 e. The molecule has 1 aromatic heterocycles. The zero-order valence-electron chi connectivity index (χ0n) is 16.0. The van der Waals surface area contributed by atoms with Gasteiger partial charge in [0.1, 0.15) is 18.0 Å². The average Bonchev–Trinajstić information content (AvgIpc) is 2.64. The van der Waals surface area contributed by atoms with Crippen LogP contribution in [0.5, 0.6) is 0 Å². The minimum atomic E-state index is 0.831. The molecule has 0 saturated heterocycles. The van der Waals surface area contributed by atoms with E-state index < -0.39 is 0 Å². The Balaban J connectivity index is 2.11. The van der Waals surface area contributed by atoms with Gasteiger partial charge in [-0.3, -0.25) is 0 Å². The molecular weight excluding hydrogens is 310 g/mol. The van der Waals surface area contributed by atoms with E-state index in [1.165, 1.54) is 5.69 Å². The number of benzene rings is 1. The van der Waals surface area contributed by atoms with Gasteiger partial charge in [0.2, 0.25) is 0 Å². The Kier molecular flexibility index (Phi) is 7.51. The highest BCUT2D eigenvalue weighted by atomic mass is 15.2. The molecule has 136 valence electrons. The Labute approximate surface area is 152 Å². The third kappa shape index (κ3) is 5.34. The molecule has 0 atom stereocenters. The van der Waals surface area contributed by atoms with Crippen molar-refractivity contribution in [2.24, 2.45) is 0 Å². The molecule has 0 aliphatic rings. The molecular formula is C20H31N5. The predicted octanol–water partition coefficient (Wildman–Crippen LogP) is 4.69. The van der Waals surface area contributed by atoms with E-state index in [4.69, 9.17) is 0 Å². The summed E-state index contributed by atoms with van der Waals surface area (Å²) in [6.45, 7) is 12.8. The molecule has 2 rings (SSSR count). The van der Waals surface area contributed by atoms with Gasteiger partial charge in [-0.1, -0.05) is 13.8 Å². The van der Waals surface area contributed by atoms with Crippen LogP contribution < -0.4 is 15.1 Å². The van der Waals surface area contributed by atoms with Gasteiger partial charge in [0.05, 0.1) is 0 Å². The van der Waals surface area contributed by atoms with E-state index in [0.717, 1.165) is 56.3 Å². The third-order valence-corrected chi connectivity index (χ3v) is 4.23. The number of rotatable bonds is 10. The molecule has 0 saturated carbocycles. The zero-order chi connectivity index (χ0) is 18.1. The van der Waals surface area contributed by atoms with Crippen molar-refractivity contribution in [3.8, 4) is 0 Å². The van der Waals surface area contributed by atoms with Crippen molar-refractivity contribution < 1.29 is 0 Å². The zero-order valence-corrected chi connectivity index (χ0v) is 16.0. The Hall–Kier alpha value is -2.30. The van der Waals surface area contributed by atoms with Gasteiger partial charge in [-0.15, -0.1) is 0 Å². The van der Waals surface area contributed by atoms with Gasteiger partial charge < -0.3 is 15.1 Å². The minimum Gasteiger partial charge on any atom is -0.372 e. The van der Waals surface area contributed by atoms with Crippen molar-refractivity contribution in [1.29, 1.82) is 0 Å². The topological polar surface area (TPSA) is 44.3 Å². The Morgan fingerprint density at radius 1 is 0.840 bits per heavy atom. The fourth-order valence-electron chi connectivity index (χ4n) is 2.96. The molecule has 5 heteroatoms. The number of aromatic nitrogens is 2. The second-order valence-corrected chi connectivity index (χ2v) is 6.09. The Morgan fingerprint density at radius 2 is 1.48 bits per heavy atom. The molecule has 1 heterocycles. The van der Waals surface area contributed by atoms with Crippen LogP contribution in [0.2, 0.25) is 0 Å². The third-order valence-electron chi connectivity index (χ3n) is 4.23. The molecule has 1 N–H and O–H groups in total. The highest BCUT2D eigenvalue weighted by molar-refractivity contribution is 5.62. The lowest BCUT2D eigenvalue weighted by molar-refractivity contribution is 0.733. The van der Waals surface area contributed by atoms with Gasteiger partial charge in [0.15, 0.2) is 0 Å². The standard InChI is InChI=1S/C20H31N5/c1-5-13-25(14-6-2)20-15-19(21-16-22-20)23-17-9-11-18(12-10-17)24(7-3)8-4/h9-12,15-16H,5-8,13-14H2,1-4H3,(H,21,22,23). The van der Waals surface area contributed by atoms with Crippen molar-refractivity contribution in [3.05, 3.63) is 36.7 Å². The molecule has 5 nitrogen and oxygen atoms in total. The maximum atomic E-state index is 4.45. The van der Waals surface area contributed by atoms with Crippen LogP contribution >= 0.6 is 0 Å². The van der Waals surface area contributed by atoms with Crippen LogP contribution in [0, 0.1) is 0 Å². The monoisotopic (exact) mass is 341 g/mol. The lowest BCUT2D eigenvalue weighted by atomic mass is 10.2. The van der Waals surface area contributed by atoms with E-state index in [2.05, 4.69) is 77.0 Å². The summed E-state index contributed by atoms with van der Waals surface area (Å²) in [5, 5.41) is 3.39. The molecule has 0 amide bonds. The van der Waals surface area contributed by atoms with E-state index in [0.29, 0.717) is 0 Å². The van der Waals surface area contributed by atoms with Crippen LogP contribution in [0.3, 0.4) is 0 Å². The highest BCUT2D eigenvalue weighted by Gasteiger charge is 2.08. The average molecular weight is 342 g/mol. The number of nitrogens with one attached hydrogen (secondary N) is 1. The van der Waals surface area contributed by atoms with Crippen LogP contribution in [0.25, 0.3) is 0 Å². The summed E-state index contributed by atoms with van der Waals surface area (Å²) in [7, 11) is 0. The first-order valence-electron chi connectivity index (χ1n) is 9.40. The summed E-state index contributed by atoms with van der Waals surface area (Å²) < 4.78 is 0. The summed E-state index contributed by atoms with van der Waals surface area (Å²) in [5.41, 5.74) is 2.29. The largest absolute Gasteiger partial charge is 0.372 e. The normalized spacial score (nSPS) is 10.6. The van der Waals surface area contributed by atoms with Gasteiger partial charge in [-0.05, 0) is 51.0 Å². The molecule has 0 radical (unpaired) electrons. The van der Waals surface area contributed by atoms with Crippen molar-refractivity contribution >= 4 is 23.0 Å². The van der Waals surface area contributed by atoms with Crippen molar-refractivity contribution in [3.63, 3.8) is 0 Å². The quantitative estimate of drug-likeness (QED) is 0.679. The minimum absolute atomic E-state index is 0.831. The molecule has 0 aliphatic carbocycles. The number of anilines is 4. The molecule has 0 spiro atoms. The van der Waals surface area contributed by atoms with E-state index >= 15 is 0 Å². The second kappa shape index (κ2) is 9.87. The smallest absolute Gasteiger partial charge is 0.135 e. The first kappa shape index (κ1) is 19.0. The van der Waals surface area contributed by atoms with Gasteiger partial charge in [-0.25, -0.2) is 9.97 Å². The van der Waals surface area contributed by atoms with E-state index in [1.54, 1.807) is 6.33 Å². The summed E-state index contributed by atoms with van der Waals surface area (Å²) in [5.74, 6) is 1.82. The molecule has 2 aromatic rings. The lowest BCUT2D eigenvalue weighted by Gasteiger charge is -2.23. The van der Waals surface area contributed by atoms with E-state index in [1.807, 2.05) is 6.07 Å². The van der Waals surface area contributed by atoms with Gasteiger partial charge in [0.25, 0.3) is 0 Å². The summed E-state index contributed by atoms with van der Waals surface area (Å²) in [4.78, 5) is 13.5. The number of hydrogen-bond donors (Lipinski definition) is 1. The molecule has 0 unspecified atom stereocenters. The van der Waals surface area contributed by atoms with Gasteiger partial charge in [-0.2, -0.15) is 0 Å². The Morgan fingerprint density at radius 3 is 2.04 bits per heavy atom. The van der Waals surface area contributed by atoms with Crippen LogP contribution in [-0.4, -0.2) is 36.1 Å². The van der Waals surface area contributed by atoms with E-state index in [9.17, 15) is 0 Å². The van der Waals surface area contributed by atoms with E-state index in [-0.39, 0.29) is 0 Å². The SMILES string of the molecule is CCCN(CCC)c1cc(Nc2ccc(N(CC)CC)cc2)ncn1. The molecule has 0 aliphatic heterocycles. The van der Waals surface area contributed by atoms with Crippen molar-refractivity contribution in [2.75, 3.05) is 41.3 Å². The fraction of sp³-hybridized carbons (Fsp3) is 0.500. The van der Waals surface area contributed by atoms with Crippen LogP contribution in [-0.2, 0) is 0 Å². The predicted molar refractivity (Wildman–Crippen MR) is 108 cm³/mol.